The van der Waals surface area contributed by atoms with Gasteiger partial charge < -0.3 is 24.5 Å². The summed E-state index contributed by atoms with van der Waals surface area (Å²) in [4.78, 5) is 27.0. The third-order valence-corrected chi connectivity index (χ3v) is 9.83. The van der Waals surface area contributed by atoms with Crippen LogP contribution < -0.4 is 10.5 Å². The molecule has 0 bridgehead atoms. The molecule has 2 aromatic rings. The molecular formula is C36H49F2N5O2. The summed E-state index contributed by atoms with van der Waals surface area (Å²) in [5, 5.41) is 0. The number of aromatic amines is 2. The van der Waals surface area contributed by atoms with Crippen LogP contribution in [0.15, 0.2) is 64.8 Å². The van der Waals surface area contributed by atoms with Crippen molar-refractivity contribution in [3.8, 4) is 0 Å². The summed E-state index contributed by atoms with van der Waals surface area (Å²) in [5.41, 5.74) is 3.87. The number of alkyl halides is 2. The van der Waals surface area contributed by atoms with E-state index in [1.54, 1.807) is 13.1 Å². The van der Waals surface area contributed by atoms with E-state index in [9.17, 15) is 13.6 Å². The van der Waals surface area contributed by atoms with E-state index in [1.165, 1.54) is 19.3 Å². The third-order valence-electron chi connectivity index (χ3n) is 9.83. The number of hydrogen-bond donors (Lipinski definition) is 2. The molecule has 4 fully saturated rings. The average Bonchev–Trinajstić information content (AvgIpc) is 3.42. The average molecular weight is 622 g/mol. The van der Waals surface area contributed by atoms with Gasteiger partial charge in [-0.3, -0.25) is 4.79 Å². The number of pyridine rings is 1. The summed E-state index contributed by atoms with van der Waals surface area (Å²) >= 11 is 0. The number of rotatable bonds is 10. The van der Waals surface area contributed by atoms with Crippen molar-refractivity contribution in [2.45, 2.75) is 90.2 Å². The van der Waals surface area contributed by atoms with Gasteiger partial charge in [0.25, 0.3) is 12.0 Å². The normalized spacial score (nSPS) is 22.5. The van der Waals surface area contributed by atoms with Crippen molar-refractivity contribution >= 4 is 23.2 Å². The number of allylic oxidation sites excluding steroid dienone is 2. The van der Waals surface area contributed by atoms with Crippen LogP contribution in [-0.4, -0.2) is 64.9 Å². The van der Waals surface area contributed by atoms with Crippen LogP contribution in [0.3, 0.4) is 0 Å². The fraction of sp³-hybridized carbons (Fsp3) is 0.556. The molecule has 0 aromatic carbocycles. The van der Waals surface area contributed by atoms with E-state index in [0.717, 1.165) is 73.9 Å². The van der Waals surface area contributed by atoms with Gasteiger partial charge in [0, 0.05) is 37.7 Å². The molecule has 1 spiro atoms. The Morgan fingerprint density at radius 3 is 2.56 bits per heavy atom. The maximum atomic E-state index is 13.4. The molecule has 2 aromatic heterocycles. The van der Waals surface area contributed by atoms with Crippen molar-refractivity contribution < 1.29 is 13.5 Å². The quantitative estimate of drug-likeness (QED) is 0.211. The Balaban J connectivity index is 0.000000178. The summed E-state index contributed by atoms with van der Waals surface area (Å²) in [6.45, 7) is 13.4. The number of aliphatic imine (C=N–C) groups is 1. The first-order valence-corrected chi connectivity index (χ1v) is 16.7. The van der Waals surface area contributed by atoms with Crippen LogP contribution in [0, 0.1) is 11.8 Å². The Hall–Kier alpha value is -3.46. The number of likely N-dealkylation sites (tertiary alicyclic amines) is 1. The standard InChI is InChI=1S/C18H25F2N3.C18H24N2O2/c1-4-13(2)17(18(19)20)22-16(15-8-7-9-21-15)12-14(3)23-10-5-6-11-23;1-13-18(7-2-8-18)22-10-9-20(13)16-11-15(12-19-17(16)21)6-5-14-3-4-14/h7-9,12-13,18,21H,3-6,10-11H2,1-2H3;5-6,11-14H,2-4,7-10H2,1H3,(H,19,21)/b16-12-,22-17?;6-5+. The van der Waals surface area contributed by atoms with E-state index in [-0.39, 0.29) is 28.8 Å². The maximum Gasteiger partial charge on any atom is 0.276 e. The summed E-state index contributed by atoms with van der Waals surface area (Å²) in [5.74, 6) is 0.490. The highest BCUT2D eigenvalue weighted by molar-refractivity contribution is 5.93. The maximum absolute atomic E-state index is 13.4. The molecule has 6 rings (SSSR count). The molecule has 45 heavy (non-hydrogen) atoms. The van der Waals surface area contributed by atoms with E-state index < -0.39 is 6.43 Å². The Morgan fingerprint density at radius 1 is 1.20 bits per heavy atom. The van der Waals surface area contributed by atoms with E-state index in [2.05, 4.69) is 50.4 Å². The molecule has 2 saturated carbocycles. The molecule has 4 heterocycles. The molecule has 2 atom stereocenters. The summed E-state index contributed by atoms with van der Waals surface area (Å²) < 4.78 is 32.8. The zero-order valence-electron chi connectivity index (χ0n) is 27.0. The molecule has 2 unspecified atom stereocenters. The number of aromatic nitrogens is 2. The lowest BCUT2D eigenvalue weighted by Crippen LogP contribution is -2.62. The van der Waals surface area contributed by atoms with Crippen LogP contribution in [0.2, 0.25) is 0 Å². The Labute approximate surface area is 266 Å². The lowest BCUT2D eigenvalue weighted by atomic mass is 9.73. The van der Waals surface area contributed by atoms with Gasteiger partial charge >= 0.3 is 0 Å². The first kappa shape index (κ1) is 32.9. The van der Waals surface area contributed by atoms with Gasteiger partial charge in [-0.05, 0) is 100.0 Å². The largest absolute Gasteiger partial charge is 0.372 e. The molecule has 4 aliphatic rings. The summed E-state index contributed by atoms with van der Waals surface area (Å²) in [6.07, 6.45) is 16.2. The molecule has 2 N–H and O–H groups in total. The zero-order chi connectivity index (χ0) is 32.0. The van der Waals surface area contributed by atoms with Crippen molar-refractivity contribution in [3.05, 3.63) is 76.6 Å². The lowest BCUT2D eigenvalue weighted by Gasteiger charge is -2.53. The monoisotopic (exact) mass is 621 g/mol. The number of anilines is 1. The molecule has 2 saturated heterocycles. The highest BCUT2D eigenvalue weighted by atomic mass is 19.3. The first-order chi connectivity index (χ1) is 21.7. The van der Waals surface area contributed by atoms with Crippen LogP contribution in [-0.2, 0) is 4.74 Å². The van der Waals surface area contributed by atoms with Crippen LogP contribution in [0.1, 0.15) is 83.4 Å². The number of nitrogens with one attached hydrogen (secondary N) is 2. The Bertz CT molecular complexity index is 1430. The van der Waals surface area contributed by atoms with Gasteiger partial charge in [-0.25, -0.2) is 13.8 Å². The molecule has 0 amide bonds. The van der Waals surface area contributed by atoms with E-state index in [0.29, 0.717) is 18.7 Å². The minimum atomic E-state index is -2.55. The molecule has 2 aliphatic heterocycles. The SMILES string of the molecule is C=C(/C=C(\N=C(C(F)F)C(C)CC)c1ccc[nH]1)N1CCCC1.CC1N(c2cc(/C=C/C3CC3)c[nH]c2=O)CCOC12CCC2. The van der Waals surface area contributed by atoms with Gasteiger partial charge in [0.05, 0.1) is 35.4 Å². The number of ether oxygens (including phenoxy) is 1. The van der Waals surface area contributed by atoms with Gasteiger partial charge in [-0.15, -0.1) is 0 Å². The van der Waals surface area contributed by atoms with Crippen molar-refractivity contribution in [2.75, 3.05) is 31.1 Å². The van der Waals surface area contributed by atoms with E-state index >= 15 is 0 Å². The number of halogens is 2. The summed E-state index contributed by atoms with van der Waals surface area (Å²) in [7, 11) is 0. The van der Waals surface area contributed by atoms with Crippen LogP contribution >= 0.6 is 0 Å². The van der Waals surface area contributed by atoms with Crippen LogP contribution in [0.25, 0.3) is 11.8 Å². The number of hydrogen-bond acceptors (Lipinski definition) is 5. The Morgan fingerprint density at radius 2 is 1.96 bits per heavy atom. The number of nitrogens with zero attached hydrogens (tertiary/aromatic N) is 3. The van der Waals surface area contributed by atoms with Gasteiger partial charge in [-0.1, -0.05) is 32.6 Å². The molecule has 0 radical (unpaired) electrons. The zero-order valence-corrected chi connectivity index (χ0v) is 27.0. The van der Waals surface area contributed by atoms with Crippen LogP contribution in [0.5, 0.6) is 0 Å². The van der Waals surface area contributed by atoms with E-state index in [1.807, 2.05) is 37.4 Å². The molecule has 9 heteroatoms. The third kappa shape index (κ3) is 8.04. The fourth-order valence-corrected chi connectivity index (χ4v) is 6.33. The van der Waals surface area contributed by atoms with Gasteiger partial charge in [0.1, 0.15) is 5.69 Å². The molecule has 244 valence electrons. The highest BCUT2D eigenvalue weighted by Crippen LogP contribution is 2.43. The van der Waals surface area contributed by atoms with Gasteiger partial charge in [0.15, 0.2) is 0 Å². The van der Waals surface area contributed by atoms with E-state index in [4.69, 9.17) is 4.74 Å². The lowest BCUT2D eigenvalue weighted by molar-refractivity contribution is -0.129. The second-order valence-corrected chi connectivity index (χ2v) is 12.9. The minimum Gasteiger partial charge on any atom is -0.372 e. The molecule has 7 nitrogen and oxygen atoms in total. The fourth-order valence-electron chi connectivity index (χ4n) is 6.33. The summed E-state index contributed by atoms with van der Waals surface area (Å²) in [6, 6.07) is 5.97. The number of H-pyrrole nitrogens is 2. The predicted octanol–water partition coefficient (Wildman–Crippen LogP) is 7.66. The predicted molar refractivity (Wildman–Crippen MR) is 180 cm³/mol. The van der Waals surface area contributed by atoms with Crippen molar-refractivity contribution in [2.24, 2.45) is 16.8 Å². The van der Waals surface area contributed by atoms with Gasteiger partial charge in [-0.2, -0.15) is 0 Å². The smallest absolute Gasteiger partial charge is 0.276 e. The topological polar surface area (TPSA) is 76.7 Å². The van der Waals surface area contributed by atoms with Gasteiger partial charge in [0.2, 0.25) is 0 Å². The van der Waals surface area contributed by atoms with Crippen LogP contribution in [0.4, 0.5) is 14.5 Å². The highest BCUT2D eigenvalue weighted by Gasteiger charge is 2.48. The van der Waals surface area contributed by atoms with Crippen molar-refractivity contribution in [3.63, 3.8) is 0 Å². The minimum absolute atomic E-state index is 0.00629. The molecule has 2 aliphatic carbocycles. The first-order valence-electron chi connectivity index (χ1n) is 16.7. The number of morpholine rings is 1. The second kappa shape index (κ2) is 14.8. The van der Waals surface area contributed by atoms with Crippen molar-refractivity contribution in [1.82, 2.24) is 14.9 Å². The Kier molecular flexibility index (Phi) is 10.8. The second-order valence-electron chi connectivity index (χ2n) is 12.9. The van der Waals surface area contributed by atoms with Crippen molar-refractivity contribution in [1.29, 1.82) is 0 Å². The molecular weight excluding hydrogens is 572 g/mol.